The quantitative estimate of drug-likeness (QED) is 0.145. The monoisotopic (exact) mass is 616 g/mol. The van der Waals surface area contributed by atoms with Gasteiger partial charge in [-0.3, -0.25) is 4.79 Å². The van der Waals surface area contributed by atoms with Gasteiger partial charge in [0.15, 0.2) is 12.1 Å². The van der Waals surface area contributed by atoms with E-state index in [-0.39, 0.29) is 57.3 Å². The molecule has 3 amide bonds. The minimum Gasteiger partial charge on any atom is -0.393 e. The molecule has 43 heavy (non-hydrogen) atoms. The van der Waals surface area contributed by atoms with Crippen LogP contribution in [-0.4, -0.2) is 134 Å². The number of hydrogen-bond acceptors (Lipinski definition) is 11. The first kappa shape index (κ1) is 35.6. The van der Waals surface area contributed by atoms with Crippen LogP contribution in [0, 0.1) is 17.8 Å². The Morgan fingerprint density at radius 1 is 1.05 bits per heavy atom. The SMILES string of the molecule is CC(C)/C=C/[C@@H](C[C@@H]1O[C@](O)(C[C@@H](O)C(C)C)C[C@H](O)[C@H]1C(=O)N1CCN(C(N)=O)CC1)OC1OC(C)C(O)C(N)C1O. The summed E-state index contributed by atoms with van der Waals surface area (Å²) in [6, 6.07) is -1.60. The van der Waals surface area contributed by atoms with Gasteiger partial charge in [0, 0.05) is 45.4 Å². The minimum absolute atomic E-state index is 0.0310. The number of hydrogen-bond donors (Lipinski definition) is 7. The van der Waals surface area contributed by atoms with Crippen molar-refractivity contribution in [1.29, 1.82) is 0 Å². The lowest BCUT2D eigenvalue weighted by atomic mass is 9.81. The highest BCUT2D eigenvalue weighted by atomic mass is 16.7. The summed E-state index contributed by atoms with van der Waals surface area (Å²) < 4.78 is 18.1. The number of aliphatic hydroxyl groups is 5. The van der Waals surface area contributed by atoms with E-state index >= 15 is 0 Å². The van der Waals surface area contributed by atoms with Crippen LogP contribution >= 0.6 is 0 Å². The third kappa shape index (κ3) is 9.08. The standard InChI is InChI=1S/C29H52N4O10/c1-15(2)6-7-18(42-27-25(37)23(30)24(36)17(5)41-27)12-21-22(26(38)32-8-10-33(11-9-32)28(31)39)20(35)14-29(40,43-21)13-19(34)16(3)4/h6-7,15-25,27,34-37,40H,8-14,30H2,1-5H3,(H2,31,39)/b7-6+/t17?,18-,19+,20-,21-,22+,23?,24?,25?,27?,29+/m0/s1. The fourth-order valence-corrected chi connectivity index (χ4v) is 5.78. The summed E-state index contributed by atoms with van der Waals surface area (Å²) in [4.78, 5) is 28.4. The second-order valence-electron chi connectivity index (χ2n) is 12.9. The van der Waals surface area contributed by atoms with E-state index in [1.165, 1.54) is 9.80 Å². The molecule has 0 aromatic rings. The molecular weight excluding hydrogens is 564 g/mol. The first-order valence-electron chi connectivity index (χ1n) is 15.2. The highest BCUT2D eigenvalue weighted by Crippen LogP contribution is 2.39. The summed E-state index contributed by atoms with van der Waals surface area (Å²) in [6.45, 7) is 10.0. The van der Waals surface area contributed by atoms with E-state index in [9.17, 15) is 35.1 Å². The lowest BCUT2D eigenvalue weighted by molar-refractivity contribution is -0.308. The number of ether oxygens (including phenoxy) is 3. The fourth-order valence-electron chi connectivity index (χ4n) is 5.78. The van der Waals surface area contributed by atoms with Gasteiger partial charge in [-0.25, -0.2) is 4.79 Å². The molecule has 3 aliphatic rings. The van der Waals surface area contributed by atoms with Crippen LogP contribution < -0.4 is 11.5 Å². The van der Waals surface area contributed by atoms with Crippen molar-refractivity contribution in [2.24, 2.45) is 29.2 Å². The molecule has 3 rings (SSSR count). The molecule has 9 N–H and O–H groups in total. The maximum absolute atomic E-state index is 13.9. The number of rotatable bonds is 10. The van der Waals surface area contributed by atoms with E-state index in [1.54, 1.807) is 26.8 Å². The van der Waals surface area contributed by atoms with Gasteiger partial charge in [0.2, 0.25) is 5.91 Å². The van der Waals surface area contributed by atoms with Crippen LogP contribution in [0.5, 0.6) is 0 Å². The van der Waals surface area contributed by atoms with E-state index < -0.39 is 78.7 Å². The molecule has 14 heteroatoms. The molecule has 3 heterocycles. The normalized spacial score (nSPS) is 37.2. The summed E-state index contributed by atoms with van der Waals surface area (Å²) >= 11 is 0. The fraction of sp³-hybridized carbons (Fsp3) is 0.862. The second-order valence-corrected chi connectivity index (χ2v) is 12.9. The lowest BCUT2D eigenvalue weighted by Gasteiger charge is -2.47. The molecule has 5 unspecified atom stereocenters. The van der Waals surface area contributed by atoms with E-state index in [4.69, 9.17) is 25.7 Å². The smallest absolute Gasteiger partial charge is 0.314 e. The maximum atomic E-state index is 13.9. The molecule has 0 aromatic heterocycles. The van der Waals surface area contributed by atoms with Crippen molar-refractivity contribution >= 4 is 11.9 Å². The van der Waals surface area contributed by atoms with Crippen LogP contribution in [0.3, 0.4) is 0 Å². The van der Waals surface area contributed by atoms with Crippen molar-refractivity contribution in [1.82, 2.24) is 9.80 Å². The molecule has 3 saturated heterocycles. The second kappa shape index (κ2) is 14.9. The Balaban J connectivity index is 1.90. The first-order chi connectivity index (χ1) is 20.0. The predicted octanol–water partition coefficient (Wildman–Crippen LogP) is -1.15. The molecule has 0 radical (unpaired) electrons. The van der Waals surface area contributed by atoms with E-state index in [1.807, 2.05) is 19.9 Å². The number of nitrogens with two attached hydrogens (primary N) is 2. The van der Waals surface area contributed by atoms with Crippen LogP contribution in [0.25, 0.3) is 0 Å². The lowest BCUT2D eigenvalue weighted by Crippen LogP contribution is -2.62. The molecule has 3 aliphatic heterocycles. The number of primary amides is 1. The van der Waals surface area contributed by atoms with Gasteiger partial charge in [-0.15, -0.1) is 0 Å². The molecule has 0 aromatic carbocycles. The van der Waals surface area contributed by atoms with Crippen molar-refractivity contribution in [3.05, 3.63) is 12.2 Å². The average molecular weight is 617 g/mol. The number of aliphatic hydroxyl groups excluding tert-OH is 4. The third-order valence-corrected chi connectivity index (χ3v) is 8.58. The van der Waals surface area contributed by atoms with Crippen molar-refractivity contribution in [3.8, 4) is 0 Å². The molecule has 0 saturated carbocycles. The predicted molar refractivity (Wildman–Crippen MR) is 155 cm³/mol. The highest BCUT2D eigenvalue weighted by molar-refractivity contribution is 5.81. The van der Waals surface area contributed by atoms with E-state index in [0.717, 1.165) is 0 Å². The molecule has 3 fully saturated rings. The highest BCUT2D eigenvalue weighted by Gasteiger charge is 2.51. The van der Waals surface area contributed by atoms with Gasteiger partial charge in [0.05, 0.1) is 48.6 Å². The first-order valence-corrected chi connectivity index (χ1v) is 15.2. The topological polar surface area (TPSA) is 221 Å². The minimum atomic E-state index is -1.93. The Morgan fingerprint density at radius 3 is 2.21 bits per heavy atom. The van der Waals surface area contributed by atoms with Crippen molar-refractivity contribution < 1.29 is 49.3 Å². The van der Waals surface area contributed by atoms with Gasteiger partial charge < -0.3 is 61.0 Å². The number of nitrogens with zero attached hydrogens (tertiary/aromatic N) is 2. The van der Waals surface area contributed by atoms with Crippen LogP contribution in [0.1, 0.15) is 53.9 Å². The number of urea groups is 1. The summed E-state index contributed by atoms with van der Waals surface area (Å²) in [5.41, 5.74) is 11.4. The number of carbonyl (C=O) groups is 2. The van der Waals surface area contributed by atoms with Gasteiger partial charge >= 0.3 is 6.03 Å². The molecule has 14 nitrogen and oxygen atoms in total. The van der Waals surface area contributed by atoms with E-state index in [2.05, 4.69) is 0 Å². The number of amides is 3. The molecule has 0 bridgehead atoms. The van der Waals surface area contributed by atoms with Crippen molar-refractivity contribution in [3.63, 3.8) is 0 Å². The van der Waals surface area contributed by atoms with Crippen LogP contribution in [0.4, 0.5) is 4.79 Å². The molecular formula is C29H52N4O10. The van der Waals surface area contributed by atoms with Crippen LogP contribution in [0.2, 0.25) is 0 Å². The summed E-state index contributed by atoms with van der Waals surface area (Å²) in [6.07, 6.45) is -5.44. The van der Waals surface area contributed by atoms with Gasteiger partial charge in [0.1, 0.15) is 6.10 Å². The molecule has 248 valence electrons. The van der Waals surface area contributed by atoms with Gasteiger partial charge in [0.25, 0.3) is 0 Å². The summed E-state index contributed by atoms with van der Waals surface area (Å²) in [5.74, 6) is -3.52. The Morgan fingerprint density at radius 2 is 1.65 bits per heavy atom. The molecule has 0 spiro atoms. The average Bonchev–Trinajstić information content (AvgIpc) is 2.92. The molecule has 0 aliphatic carbocycles. The Labute approximate surface area is 253 Å². The third-order valence-electron chi connectivity index (χ3n) is 8.58. The van der Waals surface area contributed by atoms with Crippen molar-refractivity contribution in [2.75, 3.05) is 26.2 Å². The Hall–Kier alpha value is -1.88. The van der Waals surface area contributed by atoms with Gasteiger partial charge in [-0.05, 0) is 18.8 Å². The number of allylic oxidation sites excluding steroid dienone is 1. The van der Waals surface area contributed by atoms with Gasteiger partial charge in [-0.2, -0.15) is 0 Å². The zero-order valence-electron chi connectivity index (χ0n) is 25.9. The van der Waals surface area contributed by atoms with E-state index in [0.29, 0.717) is 0 Å². The maximum Gasteiger partial charge on any atom is 0.314 e. The van der Waals surface area contributed by atoms with Gasteiger partial charge in [-0.1, -0.05) is 39.8 Å². The zero-order valence-corrected chi connectivity index (χ0v) is 25.9. The Kier molecular flexibility index (Phi) is 12.4. The summed E-state index contributed by atoms with van der Waals surface area (Å²) in [5, 5.41) is 54.3. The largest absolute Gasteiger partial charge is 0.393 e. The van der Waals surface area contributed by atoms with Crippen LogP contribution in [-0.2, 0) is 19.0 Å². The Bertz CT molecular complexity index is 962. The summed E-state index contributed by atoms with van der Waals surface area (Å²) in [7, 11) is 0. The number of piperazine rings is 1. The molecule has 11 atom stereocenters. The van der Waals surface area contributed by atoms with Crippen molar-refractivity contribution in [2.45, 2.75) is 115 Å². The van der Waals surface area contributed by atoms with Crippen LogP contribution in [0.15, 0.2) is 12.2 Å². The zero-order chi connectivity index (χ0) is 32.2. The number of carbonyl (C=O) groups excluding carboxylic acids is 2.